The summed E-state index contributed by atoms with van der Waals surface area (Å²) in [5.74, 6) is 0.193. The lowest BCUT2D eigenvalue weighted by Gasteiger charge is -2.21. The Balaban J connectivity index is 1.49. The van der Waals surface area contributed by atoms with Crippen molar-refractivity contribution in [2.45, 2.75) is 33.2 Å². The van der Waals surface area contributed by atoms with E-state index < -0.39 is 0 Å². The Hall–Kier alpha value is -4.07. The van der Waals surface area contributed by atoms with Gasteiger partial charge in [-0.2, -0.15) is 0 Å². The van der Waals surface area contributed by atoms with Gasteiger partial charge in [-0.1, -0.05) is 19.9 Å². The van der Waals surface area contributed by atoms with Crippen LogP contribution in [0.15, 0.2) is 71.3 Å². The summed E-state index contributed by atoms with van der Waals surface area (Å²) in [6.07, 6.45) is 3.35. The second-order valence-electron chi connectivity index (χ2n) is 8.11. The summed E-state index contributed by atoms with van der Waals surface area (Å²) in [5.41, 5.74) is 2.34. The number of anilines is 2. The van der Waals surface area contributed by atoms with Crippen LogP contribution in [0, 0.1) is 0 Å². The summed E-state index contributed by atoms with van der Waals surface area (Å²) >= 11 is 0. The van der Waals surface area contributed by atoms with Crippen LogP contribution in [0.2, 0.25) is 0 Å². The van der Waals surface area contributed by atoms with E-state index in [0.29, 0.717) is 47.9 Å². The highest BCUT2D eigenvalue weighted by molar-refractivity contribution is 5.98. The minimum absolute atomic E-state index is 0.0313. The SMILES string of the molecule is CCCN(CCC)C(=O)c1cccc(NC(=O)CNc2ccc(C(=O)NCc3ccco3)cc2)c1. The van der Waals surface area contributed by atoms with Crippen molar-refractivity contribution in [2.24, 2.45) is 0 Å². The fourth-order valence-electron chi connectivity index (χ4n) is 3.58. The molecule has 0 saturated heterocycles. The Morgan fingerprint density at radius 3 is 2.26 bits per heavy atom. The van der Waals surface area contributed by atoms with Crippen LogP contribution in [0.4, 0.5) is 11.4 Å². The number of hydrogen-bond donors (Lipinski definition) is 3. The number of carbonyl (C=O) groups excluding carboxylic acids is 3. The lowest BCUT2D eigenvalue weighted by atomic mass is 10.1. The monoisotopic (exact) mass is 476 g/mol. The molecule has 0 atom stereocenters. The van der Waals surface area contributed by atoms with Crippen LogP contribution in [-0.2, 0) is 11.3 Å². The third kappa shape index (κ3) is 7.74. The predicted octanol–water partition coefficient (Wildman–Crippen LogP) is 4.52. The first-order valence-electron chi connectivity index (χ1n) is 11.8. The quantitative estimate of drug-likeness (QED) is 0.357. The fraction of sp³-hybridized carbons (Fsp3) is 0.296. The van der Waals surface area contributed by atoms with Crippen LogP contribution in [-0.4, -0.2) is 42.3 Å². The molecule has 8 nitrogen and oxygen atoms in total. The maximum absolute atomic E-state index is 12.8. The molecule has 0 fully saturated rings. The zero-order valence-electron chi connectivity index (χ0n) is 20.2. The van der Waals surface area contributed by atoms with Gasteiger partial charge in [-0.3, -0.25) is 14.4 Å². The standard InChI is InChI=1S/C27H32N4O4/c1-3-14-31(15-4-2)27(34)21-7-5-8-23(17-21)30-25(32)19-28-22-12-10-20(11-13-22)26(33)29-18-24-9-6-16-35-24/h5-13,16-17,28H,3-4,14-15,18-19H2,1-2H3,(H,29,33)(H,30,32). The lowest BCUT2D eigenvalue weighted by molar-refractivity contribution is -0.114. The van der Waals surface area contributed by atoms with Crippen LogP contribution in [0.3, 0.4) is 0 Å². The number of nitrogens with one attached hydrogen (secondary N) is 3. The molecule has 0 spiro atoms. The van der Waals surface area contributed by atoms with Crippen molar-refractivity contribution in [1.29, 1.82) is 0 Å². The Labute approximate surface area is 205 Å². The molecule has 1 heterocycles. The first-order valence-corrected chi connectivity index (χ1v) is 11.8. The van der Waals surface area contributed by atoms with Gasteiger partial charge in [0.15, 0.2) is 0 Å². The molecule has 0 saturated carbocycles. The van der Waals surface area contributed by atoms with Crippen LogP contribution >= 0.6 is 0 Å². The van der Waals surface area contributed by atoms with Crippen LogP contribution < -0.4 is 16.0 Å². The van der Waals surface area contributed by atoms with Gasteiger partial charge in [0.2, 0.25) is 5.91 Å². The van der Waals surface area contributed by atoms with Gasteiger partial charge in [-0.05, 0) is 67.4 Å². The minimum Gasteiger partial charge on any atom is -0.467 e. The lowest BCUT2D eigenvalue weighted by Crippen LogP contribution is -2.32. The molecular weight excluding hydrogens is 444 g/mol. The Kier molecular flexibility index (Phi) is 9.48. The minimum atomic E-state index is -0.242. The molecule has 1 aromatic heterocycles. The van der Waals surface area contributed by atoms with E-state index in [4.69, 9.17) is 4.42 Å². The summed E-state index contributed by atoms with van der Waals surface area (Å²) in [7, 11) is 0. The highest BCUT2D eigenvalue weighted by Gasteiger charge is 2.15. The van der Waals surface area contributed by atoms with Gasteiger partial charge < -0.3 is 25.3 Å². The molecule has 35 heavy (non-hydrogen) atoms. The number of amides is 3. The zero-order chi connectivity index (χ0) is 25.0. The van der Waals surface area contributed by atoms with Crippen molar-refractivity contribution < 1.29 is 18.8 Å². The molecule has 2 aromatic carbocycles. The smallest absolute Gasteiger partial charge is 0.253 e. The van der Waals surface area contributed by atoms with Crippen molar-refractivity contribution in [2.75, 3.05) is 30.3 Å². The maximum Gasteiger partial charge on any atom is 0.253 e. The summed E-state index contributed by atoms with van der Waals surface area (Å²) in [4.78, 5) is 39.3. The van der Waals surface area contributed by atoms with Gasteiger partial charge >= 0.3 is 0 Å². The molecule has 184 valence electrons. The van der Waals surface area contributed by atoms with Gasteiger partial charge in [-0.25, -0.2) is 0 Å². The van der Waals surface area contributed by atoms with Crippen molar-refractivity contribution in [3.05, 3.63) is 83.8 Å². The van der Waals surface area contributed by atoms with Gasteiger partial charge in [0, 0.05) is 35.6 Å². The topological polar surface area (TPSA) is 104 Å². The predicted molar refractivity (Wildman–Crippen MR) is 136 cm³/mol. The summed E-state index contributed by atoms with van der Waals surface area (Å²) in [5, 5.41) is 8.65. The molecule has 0 aliphatic carbocycles. The van der Waals surface area contributed by atoms with Crippen LogP contribution in [0.1, 0.15) is 53.2 Å². The molecule has 0 aliphatic rings. The van der Waals surface area contributed by atoms with Gasteiger partial charge in [0.1, 0.15) is 5.76 Å². The Morgan fingerprint density at radius 1 is 0.857 bits per heavy atom. The maximum atomic E-state index is 12.8. The van der Waals surface area contributed by atoms with E-state index in [1.165, 1.54) is 0 Å². The summed E-state index contributed by atoms with van der Waals surface area (Å²) in [6, 6.07) is 17.4. The highest BCUT2D eigenvalue weighted by atomic mass is 16.3. The van der Waals surface area contributed by atoms with Gasteiger partial charge in [0.25, 0.3) is 11.8 Å². The number of furan rings is 1. The Morgan fingerprint density at radius 2 is 1.60 bits per heavy atom. The molecule has 0 radical (unpaired) electrons. The van der Waals surface area contributed by atoms with Crippen molar-refractivity contribution in [3.63, 3.8) is 0 Å². The normalized spacial score (nSPS) is 10.5. The fourth-order valence-corrected chi connectivity index (χ4v) is 3.58. The van der Waals surface area contributed by atoms with Crippen LogP contribution in [0.25, 0.3) is 0 Å². The van der Waals surface area contributed by atoms with E-state index in [-0.39, 0.29) is 24.3 Å². The molecular formula is C27H32N4O4. The van der Waals surface area contributed by atoms with Crippen LogP contribution in [0.5, 0.6) is 0 Å². The largest absolute Gasteiger partial charge is 0.467 e. The second-order valence-corrected chi connectivity index (χ2v) is 8.11. The molecule has 3 N–H and O–H groups in total. The van der Waals surface area contributed by atoms with E-state index in [1.54, 1.807) is 66.9 Å². The molecule has 8 heteroatoms. The van der Waals surface area contributed by atoms with Crippen molar-refractivity contribution >= 4 is 29.1 Å². The van der Waals surface area contributed by atoms with Crippen molar-refractivity contribution in [1.82, 2.24) is 10.2 Å². The zero-order valence-corrected chi connectivity index (χ0v) is 20.2. The van der Waals surface area contributed by atoms with Gasteiger partial charge in [-0.15, -0.1) is 0 Å². The number of carbonyl (C=O) groups is 3. The van der Waals surface area contributed by atoms with E-state index in [2.05, 4.69) is 16.0 Å². The number of hydrogen-bond acceptors (Lipinski definition) is 5. The summed E-state index contributed by atoms with van der Waals surface area (Å²) in [6.45, 7) is 5.86. The summed E-state index contributed by atoms with van der Waals surface area (Å²) < 4.78 is 5.20. The van der Waals surface area contributed by atoms with E-state index >= 15 is 0 Å². The first-order chi connectivity index (χ1) is 17.0. The van der Waals surface area contributed by atoms with E-state index in [0.717, 1.165) is 12.8 Å². The number of benzene rings is 2. The number of nitrogens with zero attached hydrogens (tertiary/aromatic N) is 1. The number of rotatable bonds is 12. The van der Waals surface area contributed by atoms with Crippen molar-refractivity contribution in [3.8, 4) is 0 Å². The molecule has 3 amide bonds. The Bertz CT molecular complexity index is 1100. The first kappa shape index (κ1) is 25.6. The van der Waals surface area contributed by atoms with E-state index in [9.17, 15) is 14.4 Å². The highest BCUT2D eigenvalue weighted by Crippen LogP contribution is 2.14. The molecule has 0 aliphatic heterocycles. The average molecular weight is 477 g/mol. The molecule has 3 rings (SSSR count). The van der Waals surface area contributed by atoms with Gasteiger partial charge in [0.05, 0.1) is 19.4 Å². The second kappa shape index (κ2) is 13.0. The van der Waals surface area contributed by atoms with E-state index in [1.807, 2.05) is 18.7 Å². The average Bonchev–Trinajstić information content (AvgIpc) is 3.40. The third-order valence-corrected chi connectivity index (χ3v) is 5.27. The molecule has 0 unspecified atom stereocenters. The third-order valence-electron chi connectivity index (χ3n) is 5.27. The molecule has 3 aromatic rings. The molecule has 0 bridgehead atoms.